The fourth-order valence-electron chi connectivity index (χ4n) is 4.55. The minimum Gasteiger partial charge on any atom is -0.507 e. The molecule has 1 atom stereocenters. The molecule has 1 aliphatic heterocycles. The zero-order chi connectivity index (χ0) is 31.2. The molecule has 5 rings (SSSR count). The van der Waals surface area contributed by atoms with Crippen molar-refractivity contribution in [3.8, 4) is 5.75 Å². The highest BCUT2D eigenvalue weighted by Crippen LogP contribution is 2.44. The van der Waals surface area contributed by atoms with Crippen LogP contribution in [0.3, 0.4) is 0 Å². The van der Waals surface area contributed by atoms with Gasteiger partial charge in [0.15, 0.2) is 4.34 Å². The first-order chi connectivity index (χ1) is 21.3. The zero-order valence-corrected chi connectivity index (χ0v) is 26.2. The first-order valence-electron chi connectivity index (χ1n) is 13.7. The Morgan fingerprint density at radius 3 is 2.34 bits per heavy atom. The first-order valence-corrected chi connectivity index (χ1v) is 15.9. The van der Waals surface area contributed by atoms with Crippen molar-refractivity contribution in [2.45, 2.75) is 35.9 Å². The van der Waals surface area contributed by atoms with E-state index < -0.39 is 23.7 Å². The van der Waals surface area contributed by atoms with E-state index in [0.29, 0.717) is 44.2 Å². The van der Waals surface area contributed by atoms with Gasteiger partial charge in [-0.25, -0.2) is 4.79 Å². The molecule has 0 aliphatic carbocycles. The molecule has 44 heavy (non-hydrogen) atoms. The van der Waals surface area contributed by atoms with Crippen molar-refractivity contribution in [3.63, 3.8) is 0 Å². The number of aliphatic hydroxyl groups excluding tert-OH is 1. The lowest BCUT2D eigenvalue weighted by Crippen LogP contribution is -2.29. The standard InChI is InChI=1S/C32H28ClN3O6S2/c1-3-4-17-42-24-15-11-21(12-16-24)27(37)25-26(20-7-9-22(10-8-20)30(40)41-2)36(29(39)28(25)38)31-34-35-32(44-31)43-18-19-5-13-23(33)14-6-19/h5-16,26,37H,3-4,17-18H2,1-2H3/b27-25-. The predicted octanol–water partition coefficient (Wildman–Crippen LogP) is 7.08. The summed E-state index contributed by atoms with van der Waals surface area (Å²) in [6.45, 7) is 2.64. The number of rotatable bonds is 11. The van der Waals surface area contributed by atoms with Crippen LogP contribution in [0.5, 0.6) is 5.75 Å². The number of carbonyl (C=O) groups excluding carboxylic acids is 3. The van der Waals surface area contributed by atoms with Crippen LogP contribution in [0, 0.1) is 0 Å². The largest absolute Gasteiger partial charge is 0.507 e. The Kier molecular flexibility index (Phi) is 9.99. The molecule has 1 aromatic heterocycles. The molecular weight excluding hydrogens is 622 g/mol. The van der Waals surface area contributed by atoms with Gasteiger partial charge in [0.05, 0.1) is 30.9 Å². The van der Waals surface area contributed by atoms with E-state index in [1.165, 1.54) is 35.9 Å². The molecule has 4 aromatic rings. The molecule has 0 bridgehead atoms. The van der Waals surface area contributed by atoms with Crippen LogP contribution in [0.1, 0.15) is 52.9 Å². The molecule has 1 amide bonds. The van der Waals surface area contributed by atoms with Gasteiger partial charge >= 0.3 is 11.9 Å². The molecule has 1 unspecified atom stereocenters. The van der Waals surface area contributed by atoms with Crippen molar-refractivity contribution >= 4 is 63.3 Å². The molecule has 1 saturated heterocycles. The van der Waals surface area contributed by atoms with Crippen LogP contribution in [-0.2, 0) is 20.1 Å². The van der Waals surface area contributed by atoms with Crippen molar-refractivity contribution in [2.24, 2.45) is 0 Å². The Hall–Kier alpha value is -4.19. The maximum Gasteiger partial charge on any atom is 0.337 e. The molecule has 0 spiro atoms. The Morgan fingerprint density at radius 1 is 1.00 bits per heavy atom. The summed E-state index contributed by atoms with van der Waals surface area (Å²) >= 11 is 8.58. The number of hydrogen-bond donors (Lipinski definition) is 1. The fourth-order valence-corrected chi connectivity index (χ4v) is 6.50. The number of hydrogen-bond acceptors (Lipinski definition) is 10. The van der Waals surface area contributed by atoms with E-state index in [-0.39, 0.29) is 16.5 Å². The van der Waals surface area contributed by atoms with Gasteiger partial charge in [-0.05, 0) is 66.1 Å². The quantitative estimate of drug-likeness (QED) is 0.0346. The van der Waals surface area contributed by atoms with Gasteiger partial charge in [-0.1, -0.05) is 72.3 Å². The Balaban J connectivity index is 1.50. The van der Waals surface area contributed by atoms with Crippen LogP contribution < -0.4 is 9.64 Å². The summed E-state index contributed by atoms with van der Waals surface area (Å²) in [4.78, 5) is 40.4. The molecule has 226 valence electrons. The number of methoxy groups -OCH3 is 1. The molecule has 1 fully saturated rings. The normalized spacial score (nSPS) is 15.9. The van der Waals surface area contributed by atoms with Crippen LogP contribution in [0.15, 0.2) is 82.7 Å². The van der Waals surface area contributed by atoms with E-state index in [9.17, 15) is 19.5 Å². The van der Waals surface area contributed by atoms with E-state index in [0.717, 1.165) is 29.7 Å². The number of aromatic nitrogens is 2. The average molecular weight is 650 g/mol. The summed E-state index contributed by atoms with van der Waals surface area (Å²) in [5.74, 6) is -1.35. The number of nitrogens with zero attached hydrogens (tertiary/aromatic N) is 3. The van der Waals surface area contributed by atoms with Crippen LogP contribution in [0.4, 0.5) is 5.13 Å². The number of ketones is 1. The van der Waals surface area contributed by atoms with E-state index in [1.54, 1.807) is 48.5 Å². The topological polar surface area (TPSA) is 119 Å². The number of carbonyl (C=O) groups is 3. The molecule has 9 nitrogen and oxygen atoms in total. The van der Waals surface area contributed by atoms with Crippen molar-refractivity contribution in [1.82, 2.24) is 10.2 Å². The third-order valence-corrected chi connectivity index (χ3v) is 9.24. The lowest BCUT2D eigenvalue weighted by atomic mass is 9.94. The van der Waals surface area contributed by atoms with Crippen molar-refractivity contribution in [1.29, 1.82) is 0 Å². The number of Topliss-reactive ketones (excluding diaryl/α,β-unsaturated/α-hetero) is 1. The predicted molar refractivity (Wildman–Crippen MR) is 170 cm³/mol. The summed E-state index contributed by atoms with van der Waals surface area (Å²) in [5, 5.41) is 20.8. The van der Waals surface area contributed by atoms with Crippen LogP contribution in [0.25, 0.3) is 5.76 Å². The molecular formula is C32H28ClN3O6S2. The maximum absolute atomic E-state index is 13.5. The first kappa shape index (κ1) is 31.2. The number of thioether (sulfide) groups is 1. The number of amides is 1. The summed E-state index contributed by atoms with van der Waals surface area (Å²) in [6.07, 6.45) is 1.91. The SMILES string of the molecule is CCCCOc1ccc(/C(O)=C2/C(=O)C(=O)N(c3nnc(SCc4ccc(Cl)cc4)s3)C2c2ccc(C(=O)OC)cc2)cc1. The lowest BCUT2D eigenvalue weighted by molar-refractivity contribution is -0.132. The van der Waals surface area contributed by atoms with Gasteiger partial charge in [0.1, 0.15) is 11.5 Å². The van der Waals surface area contributed by atoms with Crippen LogP contribution >= 0.6 is 34.7 Å². The molecule has 1 N–H and O–H groups in total. The number of aliphatic hydroxyl groups is 1. The van der Waals surface area contributed by atoms with Crippen LogP contribution in [0.2, 0.25) is 5.02 Å². The van der Waals surface area contributed by atoms with Gasteiger partial charge in [-0.2, -0.15) is 0 Å². The van der Waals surface area contributed by atoms with Gasteiger partial charge in [-0.3, -0.25) is 14.5 Å². The Morgan fingerprint density at radius 2 is 1.68 bits per heavy atom. The Bertz CT molecular complexity index is 1690. The van der Waals surface area contributed by atoms with Crippen molar-refractivity contribution in [3.05, 3.63) is 106 Å². The van der Waals surface area contributed by atoms with Gasteiger partial charge < -0.3 is 14.6 Å². The van der Waals surface area contributed by atoms with Crippen LogP contribution in [-0.4, -0.2) is 46.7 Å². The van der Waals surface area contributed by atoms with Gasteiger partial charge in [-0.15, -0.1) is 10.2 Å². The van der Waals surface area contributed by atoms with E-state index in [2.05, 4.69) is 17.1 Å². The highest BCUT2D eigenvalue weighted by molar-refractivity contribution is 8.00. The molecule has 2 heterocycles. The number of halogens is 1. The summed E-state index contributed by atoms with van der Waals surface area (Å²) in [6, 6.07) is 19.4. The van der Waals surface area contributed by atoms with E-state index in [4.69, 9.17) is 21.1 Å². The van der Waals surface area contributed by atoms with Gasteiger partial charge in [0.25, 0.3) is 5.78 Å². The summed E-state index contributed by atoms with van der Waals surface area (Å²) in [7, 11) is 1.28. The second kappa shape index (κ2) is 14.1. The van der Waals surface area contributed by atoms with Crippen molar-refractivity contribution in [2.75, 3.05) is 18.6 Å². The number of ether oxygens (including phenoxy) is 2. The molecule has 1 aliphatic rings. The number of anilines is 1. The van der Waals surface area contributed by atoms with Gasteiger partial charge in [0, 0.05) is 16.3 Å². The third kappa shape index (κ3) is 6.80. The number of esters is 1. The third-order valence-electron chi connectivity index (χ3n) is 6.86. The average Bonchev–Trinajstić information content (AvgIpc) is 3.62. The summed E-state index contributed by atoms with van der Waals surface area (Å²) < 4.78 is 11.1. The molecule has 12 heteroatoms. The van der Waals surface area contributed by atoms with E-state index in [1.807, 2.05) is 12.1 Å². The smallest absolute Gasteiger partial charge is 0.337 e. The Labute approximate surface area is 267 Å². The second-order valence-corrected chi connectivity index (χ2v) is 12.4. The lowest BCUT2D eigenvalue weighted by Gasteiger charge is -2.22. The molecule has 3 aromatic carbocycles. The monoisotopic (exact) mass is 649 g/mol. The zero-order valence-electron chi connectivity index (χ0n) is 23.9. The maximum atomic E-state index is 13.5. The second-order valence-electron chi connectivity index (χ2n) is 9.77. The van der Waals surface area contributed by atoms with Gasteiger partial charge in [0.2, 0.25) is 5.13 Å². The van der Waals surface area contributed by atoms with E-state index >= 15 is 0 Å². The minimum atomic E-state index is -1.02. The number of benzene rings is 3. The van der Waals surface area contributed by atoms with Crippen molar-refractivity contribution < 1.29 is 29.0 Å². The highest BCUT2D eigenvalue weighted by atomic mass is 35.5. The molecule has 0 saturated carbocycles. The fraction of sp³-hybridized carbons (Fsp3) is 0.219. The minimum absolute atomic E-state index is 0.106. The highest BCUT2D eigenvalue weighted by Gasteiger charge is 2.48. The number of unbranched alkanes of at least 4 members (excludes halogenated alkanes) is 1. The molecule has 0 radical (unpaired) electrons. The summed E-state index contributed by atoms with van der Waals surface area (Å²) in [5.41, 5.74) is 2.06.